The molecule has 0 aromatic heterocycles. The van der Waals surface area contributed by atoms with Crippen molar-refractivity contribution in [3.05, 3.63) is 29.3 Å². The molecule has 1 fully saturated rings. The van der Waals surface area contributed by atoms with Crippen molar-refractivity contribution in [3.8, 4) is 17.6 Å². The van der Waals surface area contributed by atoms with E-state index in [1.807, 2.05) is 25.1 Å². The zero-order valence-corrected chi connectivity index (χ0v) is 13.0. The molecule has 5 nitrogen and oxygen atoms in total. The summed E-state index contributed by atoms with van der Waals surface area (Å²) < 4.78 is 10.9. The Bertz CT molecular complexity index is 611. The number of nitrogens with zero attached hydrogens (tertiary/aromatic N) is 2. The number of ether oxygens (including phenoxy) is 2. The second-order valence-corrected chi connectivity index (χ2v) is 4.98. The van der Waals surface area contributed by atoms with Gasteiger partial charge in [0.1, 0.15) is 11.6 Å². The number of methoxy groups -OCH3 is 1. The number of para-hydroxylation sites is 1. The van der Waals surface area contributed by atoms with Gasteiger partial charge in [-0.3, -0.25) is 4.79 Å². The molecule has 0 radical (unpaired) electrons. The average molecular weight is 300 g/mol. The van der Waals surface area contributed by atoms with E-state index in [0.29, 0.717) is 36.8 Å². The SMILES string of the molecule is CCOc1c(/C=C(\C#N)C(=O)N2CCCC2)cccc1OC. The lowest BCUT2D eigenvalue weighted by Gasteiger charge is -2.15. The Hall–Kier alpha value is -2.48. The second kappa shape index (κ2) is 7.51. The summed E-state index contributed by atoms with van der Waals surface area (Å²) in [6, 6.07) is 7.41. The number of hydrogen-bond acceptors (Lipinski definition) is 4. The third-order valence-electron chi connectivity index (χ3n) is 3.56. The van der Waals surface area contributed by atoms with Crippen LogP contribution in [0.1, 0.15) is 25.3 Å². The van der Waals surface area contributed by atoms with Gasteiger partial charge in [-0.05, 0) is 31.9 Å². The third-order valence-corrected chi connectivity index (χ3v) is 3.56. The van der Waals surface area contributed by atoms with Gasteiger partial charge in [0.15, 0.2) is 11.5 Å². The highest BCUT2D eigenvalue weighted by atomic mass is 16.5. The standard InChI is InChI=1S/C17H20N2O3/c1-3-22-16-13(7-6-8-15(16)21-2)11-14(12-18)17(20)19-9-4-5-10-19/h6-8,11H,3-5,9-10H2,1-2H3/b14-11+. The van der Waals surface area contributed by atoms with Gasteiger partial charge >= 0.3 is 0 Å². The number of nitriles is 1. The van der Waals surface area contributed by atoms with Crippen molar-refractivity contribution in [1.82, 2.24) is 4.90 Å². The summed E-state index contributed by atoms with van der Waals surface area (Å²) in [6.45, 7) is 3.78. The van der Waals surface area contributed by atoms with Crippen molar-refractivity contribution in [2.24, 2.45) is 0 Å². The van der Waals surface area contributed by atoms with Gasteiger partial charge in [0.05, 0.1) is 13.7 Å². The molecule has 1 aliphatic rings. The Morgan fingerprint density at radius 2 is 2.14 bits per heavy atom. The number of hydrogen-bond donors (Lipinski definition) is 0. The van der Waals surface area contributed by atoms with Gasteiger partial charge in [0.2, 0.25) is 0 Å². The monoisotopic (exact) mass is 300 g/mol. The Labute approximate surface area is 130 Å². The predicted molar refractivity (Wildman–Crippen MR) is 83.6 cm³/mol. The lowest BCUT2D eigenvalue weighted by atomic mass is 10.1. The summed E-state index contributed by atoms with van der Waals surface area (Å²) >= 11 is 0. The minimum atomic E-state index is -0.217. The Balaban J connectivity index is 2.36. The van der Waals surface area contributed by atoms with Crippen LogP contribution in [0.4, 0.5) is 0 Å². The number of amides is 1. The minimum absolute atomic E-state index is 0.121. The zero-order chi connectivity index (χ0) is 15.9. The van der Waals surface area contributed by atoms with Crippen LogP contribution in [0.15, 0.2) is 23.8 Å². The Morgan fingerprint density at radius 1 is 1.41 bits per heavy atom. The minimum Gasteiger partial charge on any atom is -0.493 e. The zero-order valence-electron chi connectivity index (χ0n) is 13.0. The summed E-state index contributed by atoms with van der Waals surface area (Å²) in [5.74, 6) is 0.918. The van der Waals surface area contributed by atoms with E-state index in [0.717, 1.165) is 12.8 Å². The fourth-order valence-electron chi connectivity index (χ4n) is 2.49. The first kappa shape index (κ1) is 15.9. The molecule has 1 aromatic rings. The maximum Gasteiger partial charge on any atom is 0.264 e. The van der Waals surface area contributed by atoms with E-state index in [9.17, 15) is 10.1 Å². The van der Waals surface area contributed by atoms with Gasteiger partial charge < -0.3 is 14.4 Å². The van der Waals surface area contributed by atoms with Crippen LogP contribution in [0.2, 0.25) is 0 Å². The Kier molecular flexibility index (Phi) is 5.42. The Morgan fingerprint density at radius 3 is 2.73 bits per heavy atom. The third kappa shape index (κ3) is 3.40. The normalized spacial score (nSPS) is 14.6. The highest BCUT2D eigenvalue weighted by Gasteiger charge is 2.22. The van der Waals surface area contributed by atoms with Gasteiger partial charge in [-0.2, -0.15) is 5.26 Å². The number of likely N-dealkylation sites (tertiary alicyclic amines) is 1. The van der Waals surface area contributed by atoms with Crippen molar-refractivity contribution < 1.29 is 14.3 Å². The van der Waals surface area contributed by atoms with E-state index < -0.39 is 0 Å². The van der Waals surface area contributed by atoms with Crippen LogP contribution < -0.4 is 9.47 Å². The summed E-state index contributed by atoms with van der Waals surface area (Å²) in [5, 5.41) is 9.33. The molecule has 0 bridgehead atoms. The maximum atomic E-state index is 12.4. The predicted octanol–water partition coefficient (Wildman–Crippen LogP) is 2.62. The number of rotatable bonds is 5. The topological polar surface area (TPSA) is 62.6 Å². The molecule has 1 heterocycles. The molecule has 2 rings (SSSR count). The average Bonchev–Trinajstić information content (AvgIpc) is 3.07. The first-order chi connectivity index (χ1) is 10.7. The summed E-state index contributed by atoms with van der Waals surface area (Å²) in [6.07, 6.45) is 3.57. The smallest absolute Gasteiger partial charge is 0.264 e. The van der Waals surface area contributed by atoms with Crippen LogP contribution in [0.3, 0.4) is 0 Å². The lowest BCUT2D eigenvalue weighted by molar-refractivity contribution is -0.125. The fraction of sp³-hybridized carbons (Fsp3) is 0.412. The van der Waals surface area contributed by atoms with Crippen LogP contribution in [0.5, 0.6) is 11.5 Å². The molecule has 0 saturated carbocycles. The van der Waals surface area contributed by atoms with Gasteiger partial charge in [-0.1, -0.05) is 12.1 Å². The first-order valence-corrected chi connectivity index (χ1v) is 7.42. The van der Waals surface area contributed by atoms with Crippen molar-refractivity contribution >= 4 is 12.0 Å². The van der Waals surface area contributed by atoms with Crippen molar-refractivity contribution in [2.75, 3.05) is 26.8 Å². The van der Waals surface area contributed by atoms with E-state index in [2.05, 4.69) is 0 Å². The molecule has 1 aromatic carbocycles. The second-order valence-electron chi connectivity index (χ2n) is 4.98. The van der Waals surface area contributed by atoms with Crippen LogP contribution in [-0.2, 0) is 4.79 Å². The summed E-state index contributed by atoms with van der Waals surface area (Å²) in [7, 11) is 1.56. The molecule has 0 atom stereocenters. The molecule has 1 amide bonds. The molecule has 116 valence electrons. The van der Waals surface area contributed by atoms with Gasteiger partial charge in [-0.15, -0.1) is 0 Å². The number of carbonyl (C=O) groups is 1. The van der Waals surface area contributed by atoms with Crippen LogP contribution in [0, 0.1) is 11.3 Å². The van der Waals surface area contributed by atoms with Crippen LogP contribution >= 0.6 is 0 Å². The van der Waals surface area contributed by atoms with Crippen molar-refractivity contribution in [1.29, 1.82) is 5.26 Å². The van der Waals surface area contributed by atoms with E-state index >= 15 is 0 Å². The quantitative estimate of drug-likeness (QED) is 0.619. The van der Waals surface area contributed by atoms with Crippen LogP contribution in [0.25, 0.3) is 6.08 Å². The molecular weight excluding hydrogens is 280 g/mol. The van der Waals surface area contributed by atoms with E-state index in [4.69, 9.17) is 9.47 Å². The van der Waals surface area contributed by atoms with Crippen molar-refractivity contribution in [2.45, 2.75) is 19.8 Å². The molecule has 1 saturated heterocycles. The van der Waals surface area contributed by atoms with Crippen molar-refractivity contribution in [3.63, 3.8) is 0 Å². The summed E-state index contributed by atoms with van der Waals surface area (Å²) in [4.78, 5) is 14.1. The molecule has 5 heteroatoms. The van der Waals surface area contributed by atoms with E-state index in [-0.39, 0.29) is 11.5 Å². The first-order valence-electron chi connectivity index (χ1n) is 7.42. The molecule has 0 spiro atoms. The lowest BCUT2D eigenvalue weighted by Crippen LogP contribution is -2.28. The van der Waals surface area contributed by atoms with E-state index in [1.54, 1.807) is 24.2 Å². The van der Waals surface area contributed by atoms with Gasteiger partial charge in [0, 0.05) is 18.7 Å². The molecular formula is C17H20N2O3. The van der Waals surface area contributed by atoms with Crippen LogP contribution in [-0.4, -0.2) is 37.6 Å². The molecule has 0 aliphatic carbocycles. The van der Waals surface area contributed by atoms with Gasteiger partial charge in [0.25, 0.3) is 5.91 Å². The maximum absolute atomic E-state index is 12.4. The molecule has 0 N–H and O–H groups in total. The molecule has 22 heavy (non-hydrogen) atoms. The molecule has 0 unspecified atom stereocenters. The number of carbonyl (C=O) groups excluding carboxylic acids is 1. The highest BCUT2D eigenvalue weighted by Crippen LogP contribution is 2.32. The highest BCUT2D eigenvalue weighted by molar-refractivity contribution is 6.02. The number of benzene rings is 1. The summed E-state index contributed by atoms with van der Waals surface area (Å²) in [5.41, 5.74) is 0.793. The molecule has 1 aliphatic heterocycles. The van der Waals surface area contributed by atoms with E-state index in [1.165, 1.54) is 0 Å². The fourth-order valence-corrected chi connectivity index (χ4v) is 2.49. The largest absolute Gasteiger partial charge is 0.493 e. The van der Waals surface area contributed by atoms with Gasteiger partial charge in [-0.25, -0.2) is 0 Å².